The van der Waals surface area contributed by atoms with Crippen molar-refractivity contribution in [1.82, 2.24) is 24.3 Å². The van der Waals surface area contributed by atoms with Crippen LogP contribution in [0.5, 0.6) is 0 Å². The van der Waals surface area contributed by atoms with Gasteiger partial charge in [0, 0.05) is 19.6 Å². The van der Waals surface area contributed by atoms with Gasteiger partial charge >= 0.3 is 11.9 Å². The molecule has 3 aliphatic heterocycles. The maximum absolute atomic E-state index is 10.6. The molecule has 0 aliphatic carbocycles. The fraction of sp³-hybridized carbons (Fsp3) is 0.636. The minimum atomic E-state index is -0.894. The van der Waals surface area contributed by atoms with E-state index in [0.29, 0.717) is 11.1 Å². The van der Waals surface area contributed by atoms with E-state index in [-0.39, 0.29) is 11.7 Å². The number of thioether (sulfide) groups is 1. The molecule has 3 aliphatic rings. The highest BCUT2D eigenvalue weighted by molar-refractivity contribution is 7.99. The SMILES string of the molecule is Nc1nc(SCC(=O)O)nc([N+]23CCN(CC2)CC3)n1. The van der Waals surface area contributed by atoms with Crippen molar-refractivity contribution in [1.29, 1.82) is 0 Å². The summed E-state index contributed by atoms with van der Waals surface area (Å²) in [6.45, 7) is 6.07. The highest BCUT2D eigenvalue weighted by atomic mass is 32.2. The Labute approximate surface area is 120 Å². The molecule has 0 aromatic carbocycles. The van der Waals surface area contributed by atoms with Crippen molar-refractivity contribution in [3.05, 3.63) is 0 Å². The number of rotatable bonds is 4. The quantitative estimate of drug-likeness (QED) is 0.553. The number of hydrogen-bond donors (Lipinski definition) is 2. The number of carbonyl (C=O) groups is 1. The summed E-state index contributed by atoms with van der Waals surface area (Å²) in [6.07, 6.45) is 0. The van der Waals surface area contributed by atoms with E-state index in [4.69, 9.17) is 10.8 Å². The summed E-state index contributed by atoms with van der Waals surface area (Å²) in [5.74, 6) is -0.112. The van der Waals surface area contributed by atoms with Crippen LogP contribution in [-0.2, 0) is 4.79 Å². The number of quaternary nitrogens is 1. The highest BCUT2D eigenvalue weighted by Gasteiger charge is 2.43. The third-order valence-electron chi connectivity index (χ3n) is 3.90. The Morgan fingerprint density at radius 2 is 1.90 bits per heavy atom. The molecule has 4 heterocycles. The first-order valence-corrected chi connectivity index (χ1v) is 7.51. The summed E-state index contributed by atoms with van der Waals surface area (Å²) in [4.78, 5) is 25.8. The van der Waals surface area contributed by atoms with E-state index in [1.165, 1.54) is 0 Å². The van der Waals surface area contributed by atoms with Crippen LogP contribution in [-0.4, -0.2) is 75.9 Å². The van der Waals surface area contributed by atoms with E-state index in [1.54, 1.807) is 0 Å². The van der Waals surface area contributed by atoms with Crippen LogP contribution in [0.25, 0.3) is 0 Å². The molecule has 2 bridgehead atoms. The van der Waals surface area contributed by atoms with Crippen molar-refractivity contribution in [2.75, 3.05) is 50.8 Å². The molecule has 0 unspecified atom stereocenters. The normalized spacial score (nSPS) is 28.5. The zero-order valence-corrected chi connectivity index (χ0v) is 11.8. The van der Waals surface area contributed by atoms with Crippen LogP contribution in [0, 0.1) is 0 Å². The van der Waals surface area contributed by atoms with E-state index in [2.05, 4.69) is 19.9 Å². The lowest BCUT2D eigenvalue weighted by molar-refractivity contribution is -0.133. The van der Waals surface area contributed by atoms with Gasteiger partial charge in [-0.3, -0.25) is 14.2 Å². The van der Waals surface area contributed by atoms with Crippen LogP contribution < -0.4 is 10.2 Å². The number of nitrogens with two attached hydrogens (primary N) is 1. The van der Waals surface area contributed by atoms with Crippen molar-refractivity contribution in [2.45, 2.75) is 5.16 Å². The van der Waals surface area contributed by atoms with Crippen LogP contribution in [0.15, 0.2) is 5.16 Å². The number of carboxylic acid groups (broad SMARTS) is 1. The monoisotopic (exact) mass is 297 g/mol. The fourth-order valence-corrected chi connectivity index (χ4v) is 3.29. The molecule has 20 heavy (non-hydrogen) atoms. The minimum absolute atomic E-state index is 0.0727. The summed E-state index contributed by atoms with van der Waals surface area (Å²) in [6, 6.07) is 0. The second-order valence-electron chi connectivity index (χ2n) is 5.12. The molecule has 0 atom stereocenters. The minimum Gasteiger partial charge on any atom is -0.481 e. The molecular weight excluding hydrogens is 280 g/mol. The fourth-order valence-electron chi connectivity index (χ4n) is 2.73. The van der Waals surface area contributed by atoms with Gasteiger partial charge in [-0.1, -0.05) is 11.8 Å². The molecule has 3 saturated heterocycles. The van der Waals surface area contributed by atoms with Crippen LogP contribution in [0.1, 0.15) is 0 Å². The topological polar surface area (TPSA) is 105 Å². The number of aromatic nitrogens is 3. The van der Waals surface area contributed by atoms with E-state index in [0.717, 1.165) is 55.5 Å². The van der Waals surface area contributed by atoms with Crippen molar-refractivity contribution in [3.8, 4) is 0 Å². The van der Waals surface area contributed by atoms with E-state index >= 15 is 0 Å². The van der Waals surface area contributed by atoms with E-state index in [9.17, 15) is 4.79 Å². The average molecular weight is 297 g/mol. The summed E-state index contributed by atoms with van der Waals surface area (Å²) in [5.41, 5.74) is 5.76. The van der Waals surface area contributed by atoms with Gasteiger partial charge in [0.25, 0.3) is 0 Å². The van der Waals surface area contributed by atoms with E-state index in [1.807, 2.05) is 0 Å². The van der Waals surface area contributed by atoms with Crippen molar-refractivity contribution < 1.29 is 9.90 Å². The largest absolute Gasteiger partial charge is 0.481 e. The molecule has 1 aromatic heterocycles. The van der Waals surface area contributed by atoms with Crippen LogP contribution in [0.4, 0.5) is 11.9 Å². The molecule has 0 saturated carbocycles. The molecule has 0 spiro atoms. The zero-order chi connectivity index (χ0) is 14.2. The Hall–Kier alpha value is -1.45. The molecule has 3 fully saturated rings. The second-order valence-corrected chi connectivity index (χ2v) is 6.06. The van der Waals surface area contributed by atoms with Crippen molar-refractivity contribution in [2.24, 2.45) is 0 Å². The standard InChI is InChI=1S/C11H16N6O2S/c12-9-13-10(15-11(14-9)20-7-8(18)19)17-4-1-16(2-5-17)3-6-17/h1-7H2,(H2-,12,13,14,15,18,19)/p+1. The van der Waals surface area contributed by atoms with Gasteiger partial charge < -0.3 is 10.8 Å². The zero-order valence-electron chi connectivity index (χ0n) is 11.0. The predicted molar refractivity (Wildman–Crippen MR) is 75.4 cm³/mol. The van der Waals surface area contributed by atoms with Crippen molar-refractivity contribution in [3.63, 3.8) is 0 Å². The second kappa shape index (κ2) is 5.15. The Morgan fingerprint density at radius 3 is 2.50 bits per heavy atom. The van der Waals surface area contributed by atoms with Gasteiger partial charge in [-0.05, 0) is 0 Å². The Bertz CT molecular complexity index is 518. The number of aliphatic carboxylic acids is 1. The summed E-state index contributed by atoms with van der Waals surface area (Å²) < 4.78 is 0.740. The first-order valence-electron chi connectivity index (χ1n) is 6.53. The van der Waals surface area contributed by atoms with Gasteiger partial charge in [0.2, 0.25) is 5.95 Å². The Balaban J connectivity index is 1.87. The third-order valence-corrected chi connectivity index (χ3v) is 4.73. The third kappa shape index (κ3) is 2.56. The van der Waals surface area contributed by atoms with Crippen molar-refractivity contribution >= 4 is 29.6 Å². The smallest absolute Gasteiger partial charge is 0.334 e. The number of hydrogen-bond acceptors (Lipinski definition) is 7. The number of carboxylic acids is 1. The summed E-state index contributed by atoms with van der Waals surface area (Å²) in [5, 5.41) is 9.13. The number of piperazine rings is 3. The Kier molecular flexibility index (Phi) is 3.48. The molecule has 8 nitrogen and oxygen atoms in total. The van der Waals surface area contributed by atoms with Crippen LogP contribution in [0.3, 0.4) is 0 Å². The van der Waals surface area contributed by atoms with Gasteiger partial charge in [-0.25, -0.2) is 0 Å². The summed E-state index contributed by atoms with van der Waals surface area (Å²) in [7, 11) is 0. The number of fused-ring (bicyclic) bond motifs is 3. The van der Waals surface area contributed by atoms with Gasteiger partial charge in [-0.2, -0.15) is 9.97 Å². The Morgan fingerprint density at radius 1 is 1.25 bits per heavy atom. The maximum Gasteiger partial charge on any atom is 0.334 e. The molecular formula is C11H17N6O2S+. The van der Waals surface area contributed by atoms with E-state index < -0.39 is 5.97 Å². The number of nitrogen functional groups attached to an aromatic ring is 1. The molecule has 9 heteroatoms. The first kappa shape index (κ1) is 13.5. The van der Waals surface area contributed by atoms with Crippen LogP contribution in [0.2, 0.25) is 0 Å². The van der Waals surface area contributed by atoms with Gasteiger partial charge in [0.15, 0.2) is 5.16 Å². The molecule has 108 valence electrons. The highest BCUT2D eigenvalue weighted by Crippen LogP contribution is 2.27. The predicted octanol–water partition coefficient (Wildman–Crippen LogP) is -0.733. The lowest BCUT2D eigenvalue weighted by atomic mass is 10.1. The van der Waals surface area contributed by atoms with Gasteiger partial charge in [0.1, 0.15) is 0 Å². The van der Waals surface area contributed by atoms with Gasteiger partial charge in [0.05, 0.1) is 25.4 Å². The lowest BCUT2D eigenvalue weighted by Gasteiger charge is -2.48. The molecule has 3 N–H and O–H groups in total. The first-order chi connectivity index (χ1) is 9.57. The summed E-state index contributed by atoms with van der Waals surface area (Å²) >= 11 is 1.08. The molecule has 4 rings (SSSR count). The lowest BCUT2D eigenvalue weighted by Crippen LogP contribution is -2.69. The molecule has 1 aromatic rings. The van der Waals surface area contributed by atoms with Crippen LogP contribution >= 0.6 is 11.8 Å². The molecule has 0 amide bonds. The number of nitrogens with zero attached hydrogens (tertiary/aromatic N) is 5. The van der Waals surface area contributed by atoms with Gasteiger partial charge in [-0.15, -0.1) is 4.98 Å². The molecule has 0 radical (unpaired) electrons. The maximum atomic E-state index is 10.6. The average Bonchev–Trinajstić information content (AvgIpc) is 2.46. The number of anilines is 1.